The Labute approximate surface area is 136 Å². The maximum atomic E-state index is 10.4. The molecule has 1 saturated heterocycles. The van der Waals surface area contributed by atoms with Gasteiger partial charge in [0.15, 0.2) is 5.82 Å². The van der Waals surface area contributed by atoms with Gasteiger partial charge in [-0.15, -0.1) is 0 Å². The summed E-state index contributed by atoms with van der Waals surface area (Å²) >= 11 is 0. The minimum Gasteiger partial charge on any atom is -0.507 e. The summed E-state index contributed by atoms with van der Waals surface area (Å²) in [7, 11) is 2.08. The number of aryl methyl sites for hydroxylation is 2. The molecule has 1 aliphatic heterocycles. The summed E-state index contributed by atoms with van der Waals surface area (Å²) in [6, 6.07) is 6.09. The van der Waals surface area contributed by atoms with E-state index >= 15 is 0 Å². The highest BCUT2D eigenvalue weighted by atomic mass is 16.5. The van der Waals surface area contributed by atoms with Gasteiger partial charge in [-0.05, 0) is 26.0 Å². The van der Waals surface area contributed by atoms with E-state index in [2.05, 4.69) is 33.9 Å². The van der Waals surface area contributed by atoms with Crippen LogP contribution in [0.1, 0.15) is 35.8 Å². The molecule has 23 heavy (non-hydrogen) atoms. The van der Waals surface area contributed by atoms with Gasteiger partial charge in [0, 0.05) is 31.7 Å². The summed E-state index contributed by atoms with van der Waals surface area (Å²) in [4.78, 5) is 8.95. The lowest BCUT2D eigenvalue weighted by molar-refractivity contribution is 0.0710. The highest BCUT2D eigenvalue weighted by Gasteiger charge is 2.30. The number of piperazine rings is 1. The first-order valence-electron chi connectivity index (χ1n) is 8.11. The monoisotopic (exact) mass is 316 g/mol. The van der Waals surface area contributed by atoms with Gasteiger partial charge in [0.1, 0.15) is 11.8 Å². The average molecular weight is 316 g/mol. The number of aromatic nitrogens is 2. The number of phenols is 1. The average Bonchev–Trinajstić information content (AvgIpc) is 2.97. The number of nitrogens with zero attached hydrogens (tertiary/aromatic N) is 4. The number of likely N-dealkylation sites (N-methyl/N-ethyl adjacent to an activating group) is 1. The largest absolute Gasteiger partial charge is 0.507 e. The van der Waals surface area contributed by atoms with Crippen molar-refractivity contribution >= 4 is 0 Å². The van der Waals surface area contributed by atoms with Crippen molar-refractivity contribution in [3.8, 4) is 5.75 Å². The van der Waals surface area contributed by atoms with Crippen LogP contribution in [-0.2, 0) is 13.0 Å². The van der Waals surface area contributed by atoms with Gasteiger partial charge in [0.2, 0.25) is 5.89 Å². The summed E-state index contributed by atoms with van der Waals surface area (Å²) in [5.41, 5.74) is 1.98. The zero-order chi connectivity index (χ0) is 16.4. The molecule has 2 heterocycles. The molecule has 0 aliphatic carbocycles. The maximum absolute atomic E-state index is 10.4. The third kappa shape index (κ3) is 3.38. The molecular formula is C17H24N4O2. The standard InChI is InChI=1S/C17H24N4O2/c1-4-13-6-5-7-14(16(13)22)10-21-9-8-20(3)15(11-21)17-18-12(2)19-23-17/h5-7,15,22H,4,8-11H2,1-3H3. The maximum Gasteiger partial charge on any atom is 0.245 e. The molecule has 0 radical (unpaired) electrons. The Morgan fingerprint density at radius 2 is 2.09 bits per heavy atom. The Balaban J connectivity index is 1.74. The Bertz CT molecular complexity index is 670. The second-order valence-electron chi connectivity index (χ2n) is 6.19. The molecule has 1 N–H and O–H groups in total. The van der Waals surface area contributed by atoms with E-state index in [0.29, 0.717) is 17.5 Å². The molecule has 1 fully saturated rings. The molecule has 0 saturated carbocycles. The van der Waals surface area contributed by atoms with Gasteiger partial charge in [0.05, 0.1) is 0 Å². The summed E-state index contributed by atoms with van der Waals surface area (Å²) in [6.07, 6.45) is 0.840. The molecule has 1 aliphatic rings. The number of rotatable bonds is 4. The molecule has 124 valence electrons. The Morgan fingerprint density at radius 1 is 1.30 bits per heavy atom. The van der Waals surface area contributed by atoms with E-state index in [9.17, 15) is 5.11 Å². The molecular weight excluding hydrogens is 292 g/mol. The van der Waals surface area contributed by atoms with Crippen molar-refractivity contribution in [1.29, 1.82) is 0 Å². The third-order valence-corrected chi connectivity index (χ3v) is 4.54. The summed E-state index contributed by atoms with van der Waals surface area (Å²) in [5, 5.41) is 14.3. The number of aromatic hydroxyl groups is 1. The lowest BCUT2D eigenvalue weighted by Gasteiger charge is -2.37. The lowest BCUT2D eigenvalue weighted by atomic mass is 10.1. The highest BCUT2D eigenvalue weighted by molar-refractivity contribution is 5.40. The molecule has 6 heteroatoms. The number of hydrogen-bond donors (Lipinski definition) is 1. The van der Waals surface area contributed by atoms with E-state index in [0.717, 1.165) is 43.7 Å². The molecule has 1 atom stereocenters. The van der Waals surface area contributed by atoms with Crippen LogP contribution in [-0.4, -0.2) is 51.7 Å². The first kappa shape index (κ1) is 16.0. The van der Waals surface area contributed by atoms with Gasteiger partial charge in [0.25, 0.3) is 0 Å². The van der Waals surface area contributed by atoms with Crippen LogP contribution in [0.5, 0.6) is 5.75 Å². The van der Waals surface area contributed by atoms with Crippen molar-refractivity contribution in [1.82, 2.24) is 19.9 Å². The molecule has 6 nitrogen and oxygen atoms in total. The second kappa shape index (κ2) is 6.68. The predicted octanol–water partition coefficient (Wildman–Crippen LogP) is 2.13. The zero-order valence-electron chi connectivity index (χ0n) is 14.0. The van der Waals surface area contributed by atoms with Crippen molar-refractivity contribution in [2.45, 2.75) is 32.9 Å². The van der Waals surface area contributed by atoms with Crippen LogP contribution in [0.15, 0.2) is 22.7 Å². The van der Waals surface area contributed by atoms with E-state index < -0.39 is 0 Å². The molecule has 1 aromatic carbocycles. The van der Waals surface area contributed by atoms with Crippen LogP contribution in [0.25, 0.3) is 0 Å². The van der Waals surface area contributed by atoms with E-state index in [-0.39, 0.29) is 6.04 Å². The number of phenolic OH excluding ortho intramolecular Hbond substituents is 1. The van der Waals surface area contributed by atoms with E-state index in [4.69, 9.17) is 4.52 Å². The molecule has 0 amide bonds. The molecule has 0 spiro atoms. The fraction of sp³-hybridized carbons (Fsp3) is 0.529. The van der Waals surface area contributed by atoms with Crippen molar-refractivity contribution in [2.75, 3.05) is 26.7 Å². The molecule has 1 unspecified atom stereocenters. The van der Waals surface area contributed by atoms with Gasteiger partial charge in [-0.3, -0.25) is 9.80 Å². The van der Waals surface area contributed by atoms with Gasteiger partial charge in [-0.25, -0.2) is 0 Å². The second-order valence-corrected chi connectivity index (χ2v) is 6.19. The summed E-state index contributed by atoms with van der Waals surface area (Å²) < 4.78 is 5.35. The van der Waals surface area contributed by atoms with Gasteiger partial charge in [-0.1, -0.05) is 30.3 Å². The number of para-hydroxylation sites is 1. The van der Waals surface area contributed by atoms with Crippen LogP contribution in [0, 0.1) is 6.92 Å². The van der Waals surface area contributed by atoms with E-state index in [1.54, 1.807) is 0 Å². The Morgan fingerprint density at radius 3 is 2.78 bits per heavy atom. The van der Waals surface area contributed by atoms with Crippen molar-refractivity contribution < 1.29 is 9.63 Å². The quantitative estimate of drug-likeness (QED) is 0.932. The van der Waals surface area contributed by atoms with Crippen molar-refractivity contribution in [3.63, 3.8) is 0 Å². The van der Waals surface area contributed by atoms with Crippen LogP contribution in [0.3, 0.4) is 0 Å². The van der Waals surface area contributed by atoms with Gasteiger partial charge >= 0.3 is 0 Å². The van der Waals surface area contributed by atoms with Crippen molar-refractivity contribution in [2.24, 2.45) is 0 Å². The molecule has 0 bridgehead atoms. The SMILES string of the molecule is CCc1cccc(CN2CCN(C)C(c3nc(C)no3)C2)c1O. The predicted molar refractivity (Wildman–Crippen MR) is 87.2 cm³/mol. The van der Waals surface area contributed by atoms with Gasteiger partial charge < -0.3 is 9.63 Å². The van der Waals surface area contributed by atoms with Crippen molar-refractivity contribution in [3.05, 3.63) is 41.0 Å². The minimum atomic E-state index is 0.0986. The smallest absolute Gasteiger partial charge is 0.245 e. The lowest BCUT2D eigenvalue weighted by Crippen LogP contribution is -2.46. The Hall–Kier alpha value is -1.92. The minimum absolute atomic E-state index is 0.0986. The first-order chi connectivity index (χ1) is 11.1. The Kier molecular flexibility index (Phi) is 4.63. The first-order valence-corrected chi connectivity index (χ1v) is 8.11. The molecule has 1 aromatic heterocycles. The third-order valence-electron chi connectivity index (χ3n) is 4.54. The van der Waals surface area contributed by atoms with Crippen LogP contribution in [0.4, 0.5) is 0 Å². The zero-order valence-corrected chi connectivity index (χ0v) is 14.0. The fourth-order valence-corrected chi connectivity index (χ4v) is 3.09. The van der Waals surface area contributed by atoms with E-state index in [1.807, 2.05) is 25.1 Å². The number of hydrogen-bond acceptors (Lipinski definition) is 6. The van der Waals surface area contributed by atoms with Crippen LogP contribution >= 0.6 is 0 Å². The summed E-state index contributed by atoms with van der Waals surface area (Å²) in [6.45, 7) is 7.33. The fourth-order valence-electron chi connectivity index (χ4n) is 3.09. The number of benzene rings is 1. The van der Waals surface area contributed by atoms with Gasteiger partial charge in [-0.2, -0.15) is 4.98 Å². The topological polar surface area (TPSA) is 65.6 Å². The summed E-state index contributed by atoms with van der Waals surface area (Å²) in [5.74, 6) is 1.76. The van der Waals surface area contributed by atoms with E-state index in [1.165, 1.54) is 0 Å². The normalized spacial score (nSPS) is 20.0. The molecule has 2 aromatic rings. The van der Waals surface area contributed by atoms with Crippen LogP contribution in [0.2, 0.25) is 0 Å². The molecule has 3 rings (SSSR count). The highest BCUT2D eigenvalue weighted by Crippen LogP contribution is 2.27. The van der Waals surface area contributed by atoms with Crippen LogP contribution < -0.4 is 0 Å².